The largest absolute Gasteiger partial charge is 0.486 e. The van der Waals surface area contributed by atoms with Crippen molar-refractivity contribution in [3.05, 3.63) is 48.4 Å². The zero-order valence-electron chi connectivity index (χ0n) is 12.3. The maximum absolute atomic E-state index is 12.0. The Morgan fingerprint density at radius 2 is 2.14 bits per heavy atom. The molecule has 1 N–H and O–H groups in total. The van der Waals surface area contributed by atoms with Crippen LogP contribution in [-0.2, 0) is 6.54 Å². The third kappa shape index (κ3) is 3.33. The van der Waals surface area contributed by atoms with E-state index in [0.29, 0.717) is 25.4 Å². The molecule has 22 heavy (non-hydrogen) atoms. The Morgan fingerprint density at radius 3 is 2.91 bits per heavy atom. The molecule has 1 aliphatic rings. The number of carbonyl (C=O) groups excluding carboxylic acids is 1. The first-order chi connectivity index (χ1) is 10.7. The van der Waals surface area contributed by atoms with Gasteiger partial charge in [0.05, 0.1) is 19.1 Å². The lowest BCUT2D eigenvalue weighted by Crippen LogP contribution is -2.45. The summed E-state index contributed by atoms with van der Waals surface area (Å²) in [5.41, 5.74) is 0.924. The van der Waals surface area contributed by atoms with E-state index in [0.717, 1.165) is 11.3 Å². The molecule has 1 aromatic carbocycles. The zero-order valence-corrected chi connectivity index (χ0v) is 12.3. The maximum Gasteiger partial charge on any atom is 0.317 e. The summed E-state index contributed by atoms with van der Waals surface area (Å²) in [6.07, 6.45) is 3.00. The summed E-state index contributed by atoms with van der Waals surface area (Å²) >= 11 is 0. The van der Waals surface area contributed by atoms with Crippen molar-refractivity contribution < 1.29 is 18.7 Å². The molecule has 1 aromatic heterocycles. The number of ether oxygens (including phenoxy) is 2. The van der Waals surface area contributed by atoms with Crippen molar-refractivity contribution >= 4 is 6.03 Å². The van der Waals surface area contributed by atoms with Gasteiger partial charge in [-0.15, -0.1) is 0 Å². The summed E-state index contributed by atoms with van der Waals surface area (Å²) in [5, 5.41) is 2.82. The Kier molecular flexibility index (Phi) is 4.18. The summed E-state index contributed by atoms with van der Waals surface area (Å²) in [7, 11) is 1.73. The molecule has 116 valence electrons. The fraction of sp³-hybridized carbons (Fsp3) is 0.312. The van der Waals surface area contributed by atoms with E-state index in [1.807, 2.05) is 30.3 Å². The number of rotatable bonds is 4. The number of hydrogen-bond acceptors (Lipinski definition) is 4. The Morgan fingerprint density at radius 1 is 1.32 bits per heavy atom. The van der Waals surface area contributed by atoms with Crippen molar-refractivity contribution in [1.82, 2.24) is 10.2 Å². The first kappa shape index (κ1) is 14.3. The van der Waals surface area contributed by atoms with E-state index in [1.54, 1.807) is 24.5 Å². The first-order valence-corrected chi connectivity index (χ1v) is 7.11. The number of fused-ring (bicyclic) bond motifs is 1. The van der Waals surface area contributed by atoms with E-state index < -0.39 is 0 Å². The van der Waals surface area contributed by atoms with Crippen LogP contribution < -0.4 is 14.8 Å². The third-order valence-corrected chi connectivity index (χ3v) is 3.42. The van der Waals surface area contributed by atoms with Crippen LogP contribution in [0.5, 0.6) is 11.5 Å². The molecule has 0 unspecified atom stereocenters. The van der Waals surface area contributed by atoms with Crippen LogP contribution in [0.3, 0.4) is 0 Å². The highest BCUT2D eigenvalue weighted by Gasteiger charge is 2.23. The van der Waals surface area contributed by atoms with Crippen LogP contribution in [0.4, 0.5) is 4.79 Å². The lowest BCUT2D eigenvalue weighted by atomic mass is 10.2. The van der Waals surface area contributed by atoms with E-state index in [9.17, 15) is 4.79 Å². The number of para-hydroxylation sites is 2. The summed E-state index contributed by atoms with van der Waals surface area (Å²) in [6.45, 7) is 1.31. The number of amides is 2. The molecule has 1 atom stereocenters. The number of nitrogens with one attached hydrogen (secondary N) is 1. The Bertz CT molecular complexity index is 627. The van der Waals surface area contributed by atoms with Gasteiger partial charge in [-0.25, -0.2) is 4.79 Å². The number of carbonyl (C=O) groups is 1. The minimum atomic E-state index is -0.181. The number of benzene rings is 1. The smallest absolute Gasteiger partial charge is 0.317 e. The number of urea groups is 1. The molecule has 2 amide bonds. The van der Waals surface area contributed by atoms with Gasteiger partial charge in [-0.1, -0.05) is 12.1 Å². The van der Waals surface area contributed by atoms with Crippen LogP contribution in [0, 0.1) is 0 Å². The summed E-state index contributed by atoms with van der Waals surface area (Å²) < 4.78 is 16.4. The van der Waals surface area contributed by atoms with Gasteiger partial charge in [0.1, 0.15) is 6.61 Å². The second-order valence-corrected chi connectivity index (χ2v) is 5.17. The molecule has 6 nitrogen and oxygen atoms in total. The van der Waals surface area contributed by atoms with Crippen molar-refractivity contribution in [2.24, 2.45) is 0 Å². The molecule has 0 saturated carbocycles. The normalized spacial score (nSPS) is 16.1. The van der Waals surface area contributed by atoms with Gasteiger partial charge in [0.25, 0.3) is 0 Å². The lowest BCUT2D eigenvalue weighted by molar-refractivity contribution is 0.0715. The van der Waals surface area contributed by atoms with E-state index in [2.05, 4.69) is 5.32 Å². The number of furan rings is 1. The quantitative estimate of drug-likeness (QED) is 0.941. The van der Waals surface area contributed by atoms with Crippen LogP contribution in [0.25, 0.3) is 0 Å². The van der Waals surface area contributed by atoms with Gasteiger partial charge >= 0.3 is 6.03 Å². The molecular weight excluding hydrogens is 284 g/mol. The Balaban J connectivity index is 1.49. The van der Waals surface area contributed by atoms with Gasteiger partial charge < -0.3 is 24.1 Å². The van der Waals surface area contributed by atoms with Crippen molar-refractivity contribution in [2.45, 2.75) is 12.6 Å². The van der Waals surface area contributed by atoms with Gasteiger partial charge in [0.15, 0.2) is 17.6 Å². The third-order valence-electron chi connectivity index (χ3n) is 3.42. The van der Waals surface area contributed by atoms with Gasteiger partial charge in [-0.2, -0.15) is 0 Å². The van der Waals surface area contributed by atoms with Gasteiger partial charge in [-0.05, 0) is 18.2 Å². The highest BCUT2D eigenvalue weighted by molar-refractivity contribution is 5.73. The first-order valence-electron chi connectivity index (χ1n) is 7.11. The summed E-state index contributed by atoms with van der Waals surface area (Å²) in [6, 6.07) is 9.18. The summed E-state index contributed by atoms with van der Waals surface area (Å²) in [4.78, 5) is 13.6. The minimum absolute atomic E-state index is 0.163. The monoisotopic (exact) mass is 302 g/mol. The highest BCUT2D eigenvalue weighted by atomic mass is 16.6. The molecule has 0 fully saturated rings. The molecule has 0 radical (unpaired) electrons. The van der Waals surface area contributed by atoms with Gasteiger partial charge in [-0.3, -0.25) is 0 Å². The second kappa shape index (κ2) is 6.43. The predicted molar refractivity (Wildman–Crippen MR) is 79.9 cm³/mol. The Labute approximate surface area is 128 Å². The minimum Gasteiger partial charge on any atom is -0.486 e. The van der Waals surface area contributed by atoms with Crippen molar-refractivity contribution in [2.75, 3.05) is 20.2 Å². The van der Waals surface area contributed by atoms with E-state index >= 15 is 0 Å². The topological polar surface area (TPSA) is 63.9 Å². The molecular formula is C16H18N2O4. The second-order valence-electron chi connectivity index (χ2n) is 5.17. The van der Waals surface area contributed by atoms with Crippen LogP contribution in [0.15, 0.2) is 47.3 Å². The highest BCUT2D eigenvalue weighted by Crippen LogP contribution is 2.30. The molecule has 0 aliphatic carbocycles. The number of nitrogens with zero attached hydrogens (tertiary/aromatic N) is 1. The predicted octanol–water partition coefficient (Wildman–Crippen LogP) is 2.26. The lowest BCUT2D eigenvalue weighted by Gasteiger charge is -2.29. The molecule has 2 aromatic rings. The fourth-order valence-electron chi connectivity index (χ4n) is 2.25. The molecule has 0 spiro atoms. The SMILES string of the molecule is CN(C[C@H]1COc2ccccc2O1)C(=O)NCc1ccoc1. The van der Waals surface area contributed by atoms with Crippen LogP contribution >= 0.6 is 0 Å². The maximum atomic E-state index is 12.0. The number of likely N-dealkylation sites (N-methyl/N-ethyl adjacent to an activating group) is 1. The van der Waals surface area contributed by atoms with Gasteiger partial charge in [0, 0.05) is 19.2 Å². The van der Waals surface area contributed by atoms with E-state index in [4.69, 9.17) is 13.9 Å². The van der Waals surface area contributed by atoms with Crippen LogP contribution in [0.2, 0.25) is 0 Å². The van der Waals surface area contributed by atoms with Crippen LogP contribution in [0.1, 0.15) is 5.56 Å². The van der Waals surface area contributed by atoms with Crippen molar-refractivity contribution in [1.29, 1.82) is 0 Å². The van der Waals surface area contributed by atoms with Gasteiger partial charge in [0.2, 0.25) is 0 Å². The molecule has 1 aliphatic heterocycles. The summed E-state index contributed by atoms with van der Waals surface area (Å²) in [5.74, 6) is 1.46. The van der Waals surface area contributed by atoms with E-state index in [1.165, 1.54) is 0 Å². The average Bonchev–Trinajstić information content (AvgIpc) is 3.06. The molecule has 3 rings (SSSR count). The Hall–Kier alpha value is -2.63. The average molecular weight is 302 g/mol. The van der Waals surface area contributed by atoms with Crippen molar-refractivity contribution in [3.63, 3.8) is 0 Å². The molecule has 6 heteroatoms. The van der Waals surface area contributed by atoms with Crippen molar-refractivity contribution in [3.8, 4) is 11.5 Å². The van der Waals surface area contributed by atoms with E-state index in [-0.39, 0.29) is 12.1 Å². The molecule has 0 saturated heterocycles. The van der Waals surface area contributed by atoms with Crippen LogP contribution in [-0.4, -0.2) is 37.2 Å². The number of hydrogen-bond donors (Lipinski definition) is 1. The molecule has 0 bridgehead atoms. The molecule has 2 heterocycles. The zero-order chi connectivity index (χ0) is 15.4. The standard InChI is InChI=1S/C16H18N2O4/c1-18(16(19)17-8-12-6-7-20-10-12)9-13-11-21-14-4-2-3-5-15(14)22-13/h2-7,10,13H,8-9,11H2,1H3,(H,17,19)/t13-/m0/s1. The fourth-order valence-corrected chi connectivity index (χ4v) is 2.25.